The summed E-state index contributed by atoms with van der Waals surface area (Å²) >= 11 is 0. The molecule has 2 aromatic carbocycles. The number of benzene rings is 2. The van der Waals surface area contributed by atoms with Crippen molar-refractivity contribution in [2.45, 2.75) is 39.4 Å². The summed E-state index contributed by atoms with van der Waals surface area (Å²) < 4.78 is 3.49. The smallest absolute Gasteiger partial charge is 0.329 e. The average Bonchev–Trinajstić information content (AvgIpc) is 2.91. The number of carbonyl (C=O) groups is 1. The van der Waals surface area contributed by atoms with Gasteiger partial charge in [0.15, 0.2) is 0 Å². The van der Waals surface area contributed by atoms with Gasteiger partial charge in [0.1, 0.15) is 0 Å². The van der Waals surface area contributed by atoms with Crippen LogP contribution >= 0.6 is 0 Å². The maximum absolute atomic E-state index is 12.7. The Bertz CT molecular complexity index is 910. The summed E-state index contributed by atoms with van der Waals surface area (Å²) in [5.41, 5.74) is 2.84. The zero-order valence-corrected chi connectivity index (χ0v) is 14.4. The number of nitrogens with zero attached hydrogens (tertiary/aromatic N) is 2. The van der Waals surface area contributed by atoms with Crippen LogP contribution in [0.1, 0.15) is 25.3 Å². The van der Waals surface area contributed by atoms with E-state index in [4.69, 9.17) is 0 Å². The number of amides is 1. The Labute approximate surface area is 146 Å². The van der Waals surface area contributed by atoms with E-state index in [1.165, 1.54) is 0 Å². The third-order valence-corrected chi connectivity index (χ3v) is 4.27. The lowest BCUT2D eigenvalue weighted by Gasteiger charge is -2.06. The summed E-state index contributed by atoms with van der Waals surface area (Å²) in [5.74, 6) is -0.0527. The second-order valence-corrected chi connectivity index (χ2v) is 6.09. The molecule has 0 aliphatic heterocycles. The molecule has 1 aromatic heterocycles. The quantitative estimate of drug-likeness (QED) is 0.721. The molecule has 0 fully saturated rings. The molecule has 0 aliphatic carbocycles. The third-order valence-electron chi connectivity index (χ3n) is 4.27. The molecule has 1 heterocycles. The Hall–Kier alpha value is -2.82. The Morgan fingerprint density at radius 3 is 2.16 bits per heavy atom. The van der Waals surface area contributed by atoms with Crippen LogP contribution in [0, 0.1) is 0 Å². The fourth-order valence-electron chi connectivity index (χ4n) is 3.03. The van der Waals surface area contributed by atoms with Gasteiger partial charge in [-0.3, -0.25) is 13.9 Å². The highest BCUT2D eigenvalue weighted by atomic mass is 16.2. The average molecular weight is 337 g/mol. The van der Waals surface area contributed by atoms with Gasteiger partial charge in [-0.1, -0.05) is 49.4 Å². The molecule has 0 aliphatic rings. The largest absolute Gasteiger partial charge is 0.352 e. The van der Waals surface area contributed by atoms with Crippen molar-refractivity contribution >= 4 is 16.9 Å². The molecular formula is C20H23N3O2. The van der Waals surface area contributed by atoms with E-state index >= 15 is 0 Å². The summed E-state index contributed by atoms with van der Waals surface area (Å²) in [7, 11) is 0. The first kappa shape index (κ1) is 17.0. The predicted octanol–water partition coefficient (Wildman–Crippen LogP) is 2.92. The lowest BCUT2D eigenvalue weighted by Crippen LogP contribution is -2.28. The van der Waals surface area contributed by atoms with Gasteiger partial charge < -0.3 is 5.32 Å². The van der Waals surface area contributed by atoms with Gasteiger partial charge in [-0.15, -0.1) is 0 Å². The van der Waals surface area contributed by atoms with Crippen molar-refractivity contribution in [1.82, 2.24) is 14.5 Å². The maximum atomic E-state index is 12.7. The van der Waals surface area contributed by atoms with Gasteiger partial charge in [0.25, 0.3) is 0 Å². The molecule has 1 amide bonds. The normalized spacial score (nSPS) is 10.9. The van der Waals surface area contributed by atoms with E-state index in [-0.39, 0.29) is 18.0 Å². The van der Waals surface area contributed by atoms with Crippen molar-refractivity contribution in [2.75, 3.05) is 0 Å². The number of hydrogen-bond donors (Lipinski definition) is 1. The van der Waals surface area contributed by atoms with Crippen molar-refractivity contribution in [3.8, 4) is 0 Å². The topological polar surface area (TPSA) is 56.0 Å². The zero-order valence-electron chi connectivity index (χ0n) is 14.4. The van der Waals surface area contributed by atoms with E-state index in [0.29, 0.717) is 19.6 Å². The molecule has 130 valence electrons. The van der Waals surface area contributed by atoms with Crippen LogP contribution in [0.4, 0.5) is 0 Å². The van der Waals surface area contributed by atoms with E-state index in [0.717, 1.165) is 23.0 Å². The molecule has 0 unspecified atom stereocenters. The standard InChI is InChI=1S/C20H23N3O2/c1-2-13-22-17-10-6-7-11-18(17)23(20(22)25)14-12-19(24)21-15-16-8-4-3-5-9-16/h3-11H,2,12-15H2,1H3,(H,21,24). The minimum Gasteiger partial charge on any atom is -0.352 e. The first-order valence-corrected chi connectivity index (χ1v) is 8.69. The van der Waals surface area contributed by atoms with Crippen molar-refractivity contribution < 1.29 is 4.79 Å². The van der Waals surface area contributed by atoms with Crippen molar-refractivity contribution in [2.24, 2.45) is 0 Å². The number of para-hydroxylation sites is 2. The molecule has 3 rings (SSSR count). The molecule has 0 atom stereocenters. The lowest BCUT2D eigenvalue weighted by atomic mass is 10.2. The number of aryl methyl sites for hydroxylation is 2. The van der Waals surface area contributed by atoms with E-state index in [1.807, 2.05) is 54.6 Å². The van der Waals surface area contributed by atoms with Gasteiger partial charge in [-0.25, -0.2) is 4.79 Å². The first-order chi connectivity index (χ1) is 12.2. The molecule has 5 heteroatoms. The Morgan fingerprint density at radius 2 is 1.52 bits per heavy atom. The van der Waals surface area contributed by atoms with Crippen molar-refractivity contribution in [3.63, 3.8) is 0 Å². The number of nitrogens with one attached hydrogen (secondary N) is 1. The fraction of sp³-hybridized carbons (Fsp3) is 0.300. The first-order valence-electron chi connectivity index (χ1n) is 8.69. The Balaban J connectivity index is 1.69. The number of fused-ring (bicyclic) bond motifs is 1. The molecule has 0 radical (unpaired) electrons. The highest BCUT2D eigenvalue weighted by Gasteiger charge is 2.13. The number of carbonyl (C=O) groups excluding carboxylic acids is 1. The molecule has 0 saturated carbocycles. The van der Waals surface area contributed by atoms with E-state index < -0.39 is 0 Å². The van der Waals surface area contributed by atoms with Gasteiger partial charge >= 0.3 is 5.69 Å². The van der Waals surface area contributed by atoms with E-state index in [2.05, 4.69) is 12.2 Å². The molecular weight excluding hydrogens is 314 g/mol. The van der Waals surface area contributed by atoms with Crippen LogP contribution in [-0.2, 0) is 24.4 Å². The maximum Gasteiger partial charge on any atom is 0.329 e. The summed E-state index contributed by atoms with van der Waals surface area (Å²) in [6.45, 7) is 3.63. The molecule has 0 bridgehead atoms. The minimum atomic E-state index is -0.0527. The van der Waals surface area contributed by atoms with Gasteiger partial charge in [-0.05, 0) is 24.1 Å². The van der Waals surface area contributed by atoms with E-state index in [9.17, 15) is 9.59 Å². The fourth-order valence-corrected chi connectivity index (χ4v) is 3.03. The number of hydrogen-bond acceptors (Lipinski definition) is 2. The number of rotatable bonds is 7. The van der Waals surface area contributed by atoms with Gasteiger partial charge in [0.05, 0.1) is 11.0 Å². The van der Waals surface area contributed by atoms with Crippen LogP contribution in [0.25, 0.3) is 11.0 Å². The lowest BCUT2D eigenvalue weighted by molar-refractivity contribution is -0.121. The number of aromatic nitrogens is 2. The second-order valence-electron chi connectivity index (χ2n) is 6.09. The summed E-state index contributed by atoms with van der Waals surface area (Å²) in [6, 6.07) is 17.5. The summed E-state index contributed by atoms with van der Waals surface area (Å²) in [4.78, 5) is 24.8. The van der Waals surface area contributed by atoms with Gasteiger partial charge in [0.2, 0.25) is 5.91 Å². The molecule has 5 nitrogen and oxygen atoms in total. The number of imidazole rings is 1. The van der Waals surface area contributed by atoms with Gasteiger partial charge in [-0.2, -0.15) is 0 Å². The molecule has 25 heavy (non-hydrogen) atoms. The van der Waals surface area contributed by atoms with E-state index in [1.54, 1.807) is 9.13 Å². The van der Waals surface area contributed by atoms with Crippen LogP contribution in [0.2, 0.25) is 0 Å². The monoisotopic (exact) mass is 337 g/mol. The minimum absolute atomic E-state index is 0.0427. The summed E-state index contributed by atoms with van der Waals surface area (Å²) in [5, 5.41) is 2.91. The van der Waals surface area contributed by atoms with Crippen LogP contribution in [0.3, 0.4) is 0 Å². The van der Waals surface area contributed by atoms with Gasteiger partial charge in [0, 0.05) is 26.1 Å². The Morgan fingerprint density at radius 1 is 0.920 bits per heavy atom. The van der Waals surface area contributed by atoms with Crippen LogP contribution < -0.4 is 11.0 Å². The molecule has 1 N–H and O–H groups in total. The van der Waals surface area contributed by atoms with Crippen molar-refractivity contribution in [3.05, 3.63) is 70.6 Å². The molecule has 3 aromatic rings. The second kappa shape index (κ2) is 7.83. The molecule has 0 saturated heterocycles. The third kappa shape index (κ3) is 3.82. The van der Waals surface area contributed by atoms with Crippen LogP contribution in [0.5, 0.6) is 0 Å². The van der Waals surface area contributed by atoms with Crippen LogP contribution in [-0.4, -0.2) is 15.0 Å². The zero-order chi connectivity index (χ0) is 17.6. The molecule has 0 spiro atoms. The summed E-state index contributed by atoms with van der Waals surface area (Å²) in [6.07, 6.45) is 1.18. The highest BCUT2D eigenvalue weighted by Crippen LogP contribution is 2.13. The predicted molar refractivity (Wildman–Crippen MR) is 99.4 cm³/mol. The SMILES string of the molecule is CCCn1c(=O)n(CCC(=O)NCc2ccccc2)c2ccccc21. The highest BCUT2D eigenvalue weighted by molar-refractivity contribution is 5.78. The van der Waals surface area contributed by atoms with Crippen LogP contribution in [0.15, 0.2) is 59.4 Å². The Kier molecular flexibility index (Phi) is 5.33. The van der Waals surface area contributed by atoms with Crippen molar-refractivity contribution in [1.29, 1.82) is 0 Å².